The lowest BCUT2D eigenvalue weighted by Gasteiger charge is -2.21. The Morgan fingerprint density at radius 2 is 2.04 bits per heavy atom. The first-order valence-electron chi connectivity index (χ1n) is 8.43. The number of carbonyl (C=O) groups excluding carboxylic acids is 2. The summed E-state index contributed by atoms with van der Waals surface area (Å²) in [4.78, 5) is 30.8. The number of nitrogens with zero attached hydrogens (tertiary/aromatic N) is 2. The number of halogens is 1. The topological polar surface area (TPSA) is 59.0 Å². The van der Waals surface area contributed by atoms with Gasteiger partial charge in [0.1, 0.15) is 11.4 Å². The maximum Gasteiger partial charge on any atom is 0.343 e. The highest BCUT2D eigenvalue weighted by Gasteiger charge is 2.32. The molecule has 5 nitrogen and oxygen atoms in total. The predicted octanol–water partition coefficient (Wildman–Crippen LogP) is 4.24. The maximum absolute atomic E-state index is 12.5. The van der Waals surface area contributed by atoms with Crippen molar-refractivity contribution in [3.05, 3.63) is 70.4 Å². The molecule has 0 spiro atoms. The van der Waals surface area contributed by atoms with Gasteiger partial charge in [-0.15, -0.1) is 0 Å². The number of ether oxygens (including phenoxy) is 1. The second-order valence-electron chi connectivity index (χ2n) is 6.05. The summed E-state index contributed by atoms with van der Waals surface area (Å²) in [5.74, 6) is 0.823. The number of amides is 1. The number of rotatable bonds is 3. The Kier molecular flexibility index (Phi) is 5.01. The van der Waals surface area contributed by atoms with Crippen molar-refractivity contribution in [2.24, 2.45) is 4.99 Å². The fourth-order valence-electron chi connectivity index (χ4n) is 2.80. The number of amidine groups is 1. The lowest BCUT2D eigenvalue weighted by Crippen LogP contribution is -2.34. The summed E-state index contributed by atoms with van der Waals surface area (Å²) in [7, 11) is 0. The largest absolute Gasteiger partial charge is 0.423 e. The van der Waals surface area contributed by atoms with Gasteiger partial charge in [0.15, 0.2) is 5.17 Å². The first-order valence-corrected chi connectivity index (χ1v) is 9.79. The van der Waals surface area contributed by atoms with Crippen molar-refractivity contribution in [2.45, 2.75) is 6.42 Å². The monoisotopic (exact) mass is 398 g/mol. The highest BCUT2D eigenvalue weighted by Crippen LogP contribution is 2.28. The van der Waals surface area contributed by atoms with Crippen molar-refractivity contribution in [1.29, 1.82) is 0 Å². The second kappa shape index (κ2) is 7.58. The predicted molar refractivity (Wildman–Crippen MR) is 107 cm³/mol. The van der Waals surface area contributed by atoms with Crippen LogP contribution in [0.4, 0.5) is 0 Å². The summed E-state index contributed by atoms with van der Waals surface area (Å²) in [5.41, 5.74) is 1.56. The number of carbonyl (C=O) groups is 2. The van der Waals surface area contributed by atoms with E-state index in [1.54, 1.807) is 65.2 Å². The van der Waals surface area contributed by atoms with Gasteiger partial charge in [-0.25, -0.2) is 9.79 Å². The Balaban J connectivity index is 1.53. The average molecular weight is 399 g/mol. The number of aliphatic imine (C=N–C) groups is 1. The van der Waals surface area contributed by atoms with E-state index in [9.17, 15) is 9.59 Å². The van der Waals surface area contributed by atoms with Crippen LogP contribution < -0.4 is 4.74 Å². The van der Waals surface area contributed by atoms with Gasteiger partial charge in [-0.3, -0.25) is 9.69 Å². The van der Waals surface area contributed by atoms with E-state index >= 15 is 0 Å². The minimum atomic E-state index is -0.470. The van der Waals surface area contributed by atoms with Gasteiger partial charge < -0.3 is 4.74 Å². The molecule has 0 bridgehead atoms. The Morgan fingerprint density at radius 3 is 2.81 bits per heavy atom. The molecule has 1 saturated heterocycles. The average Bonchev–Trinajstić information content (AvgIpc) is 2.98. The van der Waals surface area contributed by atoms with Gasteiger partial charge in [-0.2, -0.15) is 0 Å². The molecule has 136 valence electrons. The molecule has 7 heteroatoms. The van der Waals surface area contributed by atoms with E-state index in [1.807, 2.05) is 6.07 Å². The molecule has 1 fully saturated rings. The SMILES string of the molecule is O=C(Oc1cccc(/C=C2\N=C3SCCCN3C2=O)c1)c1ccc(Cl)cc1. The highest BCUT2D eigenvalue weighted by molar-refractivity contribution is 8.13. The Labute approximate surface area is 165 Å². The molecule has 4 rings (SSSR count). The zero-order chi connectivity index (χ0) is 18.8. The number of esters is 1. The molecule has 0 radical (unpaired) electrons. The number of thioether (sulfide) groups is 1. The van der Waals surface area contributed by atoms with Crippen LogP contribution in [0.1, 0.15) is 22.3 Å². The zero-order valence-electron chi connectivity index (χ0n) is 14.2. The van der Waals surface area contributed by atoms with E-state index in [-0.39, 0.29) is 5.91 Å². The molecule has 0 aromatic heterocycles. The summed E-state index contributed by atoms with van der Waals surface area (Å²) in [6, 6.07) is 13.5. The van der Waals surface area contributed by atoms with E-state index in [1.165, 1.54) is 0 Å². The van der Waals surface area contributed by atoms with Crippen molar-refractivity contribution in [2.75, 3.05) is 12.3 Å². The van der Waals surface area contributed by atoms with Crippen molar-refractivity contribution >= 4 is 46.5 Å². The van der Waals surface area contributed by atoms with Crippen molar-refractivity contribution in [3.63, 3.8) is 0 Å². The number of fused-ring (bicyclic) bond motifs is 1. The minimum Gasteiger partial charge on any atom is -0.423 e. The Hall–Kier alpha value is -2.57. The number of benzene rings is 2. The molecule has 0 N–H and O–H groups in total. The van der Waals surface area contributed by atoms with Crippen LogP contribution in [0.15, 0.2) is 59.2 Å². The van der Waals surface area contributed by atoms with Gasteiger partial charge in [0.05, 0.1) is 5.56 Å². The van der Waals surface area contributed by atoms with Crippen molar-refractivity contribution in [1.82, 2.24) is 4.90 Å². The zero-order valence-corrected chi connectivity index (χ0v) is 15.8. The number of hydrogen-bond donors (Lipinski definition) is 0. The molecule has 27 heavy (non-hydrogen) atoms. The molecule has 2 aliphatic rings. The molecular formula is C20H15ClN2O3S. The third-order valence-corrected chi connectivity index (χ3v) is 5.44. The fourth-order valence-corrected chi connectivity index (χ4v) is 3.88. The minimum absolute atomic E-state index is 0.0826. The van der Waals surface area contributed by atoms with Gasteiger partial charge in [-0.05, 0) is 54.5 Å². The van der Waals surface area contributed by atoms with E-state index in [0.717, 1.165) is 22.9 Å². The van der Waals surface area contributed by atoms with Gasteiger partial charge in [0, 0.05) is 17.3 Å². The Morgan fingerprint density at radius 1 is 1.22 bits per heavy atom. The standard InChI is InChI=1S/C20H15ClN2O3S/c21-15-7-5-14(6-8-15)19(25)26-16-4-1-3-13(11-16)12-17-18(24)23-9-2-10-27-20(23)22-17/h1,3-8,11-12H,2,9-10H2/b17-12-. The van der Waals surface area contributed by atoms with Gasteiger partial charge in [-0.1, -0.05) is 35.5 Å². The molecule has 0 atom stereocenters. The van der Waals surface area contributed by atoms with Crippen LogP contribution in [0.25, 0.3) is 6.08 Å². The van der Waals surface area contributed by atoms with Gasteiger partial charge >= 0.3 is 5.97 Å². The summed E-state index contributed by atoms with van der Waals surface area (Å²) in [6.45, 7) is 0.709. The summed E-state index contributed by atoms with van der Waals surface area (Å²) >= 11 is 7.43. The van der Waals surface area contributed by atoms with Gasteiger partial charge in [0.2, 0.25) is 0 Å². The maximum atomic E-state index is 12.5. The molecular weight excluding hydrogens is 384 g/mol. The van der Waals surface area contributed by atoms with Crippen LogP contribution in [0.5, 0.6) is 5.75 Å². The first kappa shape index (κ1) is 17.8. The summed E-state index contributed by atoms with van der Waals surface area (Å²) in [5, 5.41) is 1.32. The molecule has 0 aliphatic carbocycles. The van der Waals surface area contributed by atoms with Crippen LogP contribution in [-0.4, -0.2) is 34.2 Å². The van der Waals surface area contributed by atoms with Gasteiger partial charge in [0.25, 0.3) is 5.91 Å². The lowest BCUT2D eigenvalue weighted by atomic mass is 10.1. The van der Waals surface area contributed by atoms with E-state index in [0.29, 0.717) is 28.6 Å². The van der Waals surface area contributed by atoms with Crippen LogP contribution in [-0.2, 0) is 4.79 Å². The van der Waals surface area contributed by atoms with Crippen LogP contribution in [0.2, 0.25) is 5.02 Å². The van der Waals surface area contributed by atoms with E-state index < -0.39 is 5.97 Å². The molecule has 2 aromatic rings. The molecule has 2 aliphatic heterocycles. The lowest BCUT2D eigenvalue weighted by molar-refractivity contribution is -0.122. The quantitative estimate of drug-likeness (QED) is 0.441. The molecule has 0 unspecified atom stereocenters. The summed E-state index contributed by atoms with van der Waals surface area (Å²) < 4.78 is 5.42. The van der Waals surface area contributed by atoms with Crippen molar-refractivity contribution < 1.29 is 14.3 Å². The molecule has 1 amide bonds. The van der Waals surface area contributed by atoms with Crippen LogP contribution >= 0.6 is 23.4 Å². The second-order valence-corrected chi connectivity index (χ2v) is 7.55. The third-order valence-electron chi connectivity index (χ3n) is 4.12. The van der Waals surface area contributed by atoms with Crippen LogP contribution in [0.3, 0.4) is 0 Å². The van der Waals surface area contributed by atoms with Crippen molar-refractivity contribution in [3.8, 4) is 5.75 Å². The summed E-state index contributed by atoms with van der Waals surface area (Å²) in [6.07, 6.45) is 2.69. The Bertz CT molecular complexity index is 969. The van der Waals surface area contributed by atoms with E-state index in [4.69, 9.17) is 16.3 Å². The highest BCUT2D eigenvalue weighted by atomic mass is 35.5. The van der Waals surface area contributed by atoms with Crippen LogP contribution in [0, 0.1) is 0 Å². The first-order chi connectivity index (χ1) is 13.1. The number of hydrogen-bond acceptors (Lipinski definition) is 5. The smallest absolute Gasteiger partial charge is 0.343 e. The molecule has 2 heterocycles. The van der Waals surface area contributed by atoms with E-state index in [2.05, 4.69) is 4.99 Å². The fraction of sp³-hybridized carbons (Fsp3) is 0.150. The third kappa shape index (κ3) is 3.91. The molecule has 2 aromatic carbocycles. The molecule has 0 saturated carbocycles. The normalized spacial score (nSPS) is 17.7.